The van der Waals surface area contributed by atoms with Crippen LogP contribution in [0.2, 0.25) is 0 Å². The van der Waals surface area contributed by atoms with E-state index < -0.39 is 5.60 Å². The largest absolute Gasteiger partial charge is 0.388 e. The summed E-state index contributed by atoms with van der Waals surface area (Å²) in [5, 5.41) is 14.2. The first kappa shape index (κ1) is 14.9. The molecule has 118 valence electrons. The maximum Gasteiger partial charge on any atom is 0.322 e. The van der Waals surface area contributed by atoms with E-state index in [2.05, 4.69) is 16.4 Å². The number of rotatable bonds is 2. The number of carbonyl (C=O) groups excluding carboxylic acids is 1. The van der Waals surface area contributed by atoms with Gasteiger partial charge in [0.05, 0.1) is 11.6 Å². The van der Waals surface area contributed by atoms with Gasteiger partial charge < -0.3 is 20.3 Å². The molecule has 5 nitrogen and oxygen atoms in total. The predicted octanol–water partition coefficient (Wildman–Crippen LogP) is 3.24. The van der Waals surface area contributed by atoms with Crippen molar-refractivity contribution in [3.63, 3.8) is 0 Å². The average molecular weight is 301 g/mol. The van der Waals surface area contributed by atoms with E-state index in [1.165, 1.54) is 0 Å². The van der Waals surface area contributed by atoms with Crippen molar-refractivity contribution in [3.05, 3.63) is 30.0 Å². The molecule has 0 aliphatic carbocycles. The number of amides is 2. The maximum atomic E-state index is 12.5. The van der Waals surface area contributed by atoms with Crippen LogP contribution >= 0.6 is 0 Å². The molecule has 0 spiro atoms. The third-order valence-corrected chi connectivity index (χ3v) is 4.34. The average Bonchev–Trinajstić information content (AvgIpc) is 3.02. The van der Waals surface area contributed by atoms with Gasteiger partial charge in [-0.05, 0) is 57.9 Å². The summed E-state index contributed by atoms with van der Waals surface area (Å²) < 4.78 is 0. The van der Waals surface area contributed by atoms with Crippen LogP contribution < -0.4 is 5.32 Å². The monoisotopic (exact) mass is 301 g/mol. The van der Waals surface area contributed by atoms with Crippen LogP contribution in [0.5, 0.6) is 0 Å². The van der Waals surface area contributed by atoms with Gasteiger partial charge in [-0.2, -0.15) is 0 Å². The van der Waals surface area contributed by atoms with Crippen molar-refractivity contribution in [2.75, 3.05) is 11.9 Å². The summed E-state index contributed by atoms with van der Waals surface area (Å²) in [6.07, 6.45) is 1.77. The molecule has 2 heterocycles. The Morgan fingerprint density at radius 2 is 2.18 bits per heavy atom. The number of benzene rings is 1. The molecule has 2 amide bonds. The number of carbonyl (C=O) groups is 1. The molecule has 1 unspecified atom stereocenters. The maximum absolute atomic E-state index is 12.5. The minimum absolute atomic E-state index is 0.134. The molecule has 1 aliphatic rings. The number of urea groups is 1. The lowest BCUT2D eigenvalue weighted by Gasteiger charge is -2.33. The highest BCUT2D eigenvalue weighted by Crippen LogP contribution is 2.28. The molecule has 1 fully saturated rings. The molecule has 3 N–H and O–H groups in total. The van der Waals surface area contributed by atoms with E-state index in [-0.39, 0.29) is 12.1 Å². The third-order valence-electron chi connectivity index (χ3n) is 4.34. The second-order valence-electron chi connectivity index (χ2n) is 6.69. The van der Waals surface area contributed by atoms with E-state index in [1.54, 1.807) is 18.7 Å². The zero-order chi connectivity index (χ0) is 15.9. The molecule has 0 saturated carbocycles. The van der Waals surface area contributed by atoms with Gasteiger partial charge in [0.15, 0.2) is 0 Å². The van der Waals surface area contributed by atoms with E-state index in [4.69, 9.17) is 0 Å². The summed E-state index contributed by atoms with van der Waals surface area (Å²) in [5.74, 6) is 0. The fourth-order valence-electron chi connectivity index (χ4n) is 3.30. The molecule has 0 radical (unpaired) electrons. The fraction of sp³-hybridized carbons (Fsp3) is 0.471. The molecule has 3 rings (SSSR count). The van der Waals surface area contributed by atoms with E-state index in [0.29, 0.717) is 6.54 Å². The van der Waals surface area contributed by atoms with Crippen molar-refractivity contribution in [2.45, 2.75) is 45.3 Å². The molecule has 1 aromatic heterocycles. The van der Waals surface area contributed by atoms with Crippen LogP contribution in [0.25, 0.3) is 10.9 Å². The number of aromatic amines is 1. The van der Waals surface area contributed by atoms with Gasteiger partial charge in [0, 0.05) is 28.8 Å². The van der Waals surface area contributed by atoms with Crippen LogP contribution in [0, 0.1) is 6.92 Å². The SMILES string of the molecule is Cc1cc2cc(NC(=O)N3CCCC3C(C)(C)O)ccc2[nH]1. The van der Waals surface area contributed by atoms with Crippen molar-refractivity contribution >= 4 is 22.6 Å². The summed E-state index contributed by atoms with van der Waals surface area (Å²) >= 11 is 0. The summed E-state index contributed by atoms with van der Waals surface area (Å²) in [5.41, 5.74) is 2.05. The molecule has 1 aromatic carbocycles. The molecule has 0 bridgehead atoms. The van der Waals surface area contributed by atoms with Gasteiger partial charge in [0.25, 0.3) is 0 Å². The van der Waals surface area contributed by atoms with E-state index in [9.17, 15) is 9.90 Å². The standard InChI is InChI=1S/C17H23N3O2/c1-11-9-12-10-13(6-7-14(12)18-11)19-16(21)20-8-4-5-15(20)17(2,3)22/h6-7,9-10,15,18,22H,4-5,8H2,1-3H3,(H,19,21). The van der Waals surface area contributed by atoms with Crippen LogP contribution in [0.3, 0.4) is 0 Å². The Bertz CT molecular complexity index is 699. The van der Waals surface area contributed by atoms with Gasteiger partial charge >= 0.3 is 6.03 Å². The first-order valence-electron chi connectivity index (χ1n) is 7.74. The highest BCUT2D eigenvalue weighted by molar-refractivity contribution is 5.93. The number of hydrogen-bond donors (Lipinski definition) is 3. The van der Waals surface area contributed by atoms with Crippen molar-refractivity contribution in [1.29, 1.82) is 0 Å². The van der Waals surface area contributed by atoms with Crippen molar-refractivity contribution in [2.24, 2.45) is 0 Å². The number of nitrogens with zero attached hydrogens (tertiary/aromatic N) is 1. The van der Waals surface area contributed by atoms with Gasteiger partial charge in [0.1, 0.15) is 0 Å². The Labute approximate surface area is 130 Å². The topological polar surface area (TPSA) is 68.4 Å². The highest BCUT2D eigenvalue weighted by Gasteiger charge is 2.38. The van der Waals surface area contributed by atoms with Gasteiger partial charge in [-0.15, -0.1) is 0 Å². The molecule has 2 aromatic rings. The molecule has 22 heavy (non-hydrogen) atoms. The lowest BCUT2D eigenvalue weighted by Crippen LogP contribution is -2.49. The molecule has 1 saturated heterocycles. The Balaban J connectivity index is 1.77. The first-order valence-corrected chi connectivity index (χ1v) is 7.74. The van der Waals surface area contributed by atoms with Crippen molar-refractivity contribution < 1.29 is 9.90 Å². The summed E-state index contributed by atoms with van der Waals surface area (Å²) in [6, 6.07) is 7.61. The number of nitrogens with one attached hydrogen (secondary N) is 2. The number of aryl methyl sites for hydroxylation is 1. The number of H-pyrrole nitrogens is 1. The number of fused-ring (bicyclic) bond motifs is 1. The van der Waals surface area contributed by atoms with Gasteiger partial charge in [-0.1, -0.05) is 0 Å². The Hall–Kier alpha value is -2.01. The van der Waals surface area contributed by atoms with Crippen LogP contribution in [0.1, 0.15) is 32.4 Å². The van der Waals surface area contributed by atoms with Crippen LogP contribution in [0.4, 0.5) is 10.5 Å². The molecular formula is C17H23N3O2. The van der Waals surface area contributed by atoms with Crippen molar-refractivity contribution in [1.82, 2.24) is 9.88 Å². The van der Waals surface area contributed by atoms with Crippen molar-refractivity contribution in [3.8, 4) is 0 Å². The molecular weight excluding hydrogens is 278 g/mol. The number of aromatic nitrogens is 1. The van der Waals surface area contributed by atoms with E-state index in [1.807, 2.05) is 25.1 Å². The lowest BCUT2D eigenvalue weighted by atomic mass is 9.97. The second kappa shape index (κ2) is 5.32. The number of hydrogen-bond acceptors (Lipinski definition) is 2. The highest BCUT2D eigenvalue weighted by atomic mass is 16.3. The zero-order valence-corrected chi connectivity index (χ0v) is 13.3. The second-order valence-corrected chi connectivity index (χ2v) is 6.69. The summed E-state index contributed by atoms with van der Waals surface area (Å²) in [7, 11) is 0. The third kappa shape index (κ3) is 2.81. The van der Waals surface area contributed by atoms with Crippen LogP contribution in [-0.2, 0) is 0 Å². The Morgan fingerprint density at radius 1 is 1.41 bits per heavy atom. The number of anilines is 1. The smallest absolute Gasteiger partial charge is 0.322 e. The minimum atomic E-state index is -0.879. The quantitative estimate of drug-likeness (QED) is 0.797. The predicted molar refractivity (Wildman–Crippen MR) is 88.1 cm³/mol. The van der Waals surface area contributed by atoms with Gasteiger partial charge in [0.2, 0.25) is 0 Å². The normalized spacial score (nSPS) is 18.9. The van der Waals surface area contributed by atoms with E-state index in [0.717, 1.165) is 35.1 Å². The fourth-order valence-corrected chi connectivity index (χ4v) is 3.30. The number of likely N-dealkylation sites (tertiary alicyclic amines) is 1. The molecule has 5 heteroatoms. The van der Waals surface area contributed by atoms with E-state index >= 15 is 0 Å². The van der Waals surface area contributed by atoms with Gasteiger partial charge in [-0.3, -0.25) is 0 Å². The molecule has 1 aliphatic heterocycles. The van der Waals surface area contributed by atoms with Crippen LogP contribution in [0.15, 0.2) is 24.3 Å². The first-order chi connectivity index (χ1) is 10.3. The Kier molecular flexibility index (Phi) is 3.60. The molecule has 1 atom stereocenters. The van der Waals surface area contributed by atoms with Gasteiger partial charge in [-0.25, -0.2) is 4.79 Å². The summed E-state index contributed by atoms with van der Waals surface area (Å²) in [6.45, 7) is 6.22. The zero-order valence-electron chi connectivity index (χ0n) is 13.3. The lowest BCUT2D eigenvalue weighted by molar-refractivity contribution is 0.0117. The van der Waals surface area contributed by atoms with Crippen LogP contribution in [-0.4, -0.2) is 39.2 Å². The minimum Gasteiger partial charge on any atom is -0.388 e. The Morgan fingerprint density at radius 3 is 2.91 bits per heavy atom. The summed E-state index contributed by atoms with van der Waals surface area (Å²) in [4.78, 5) is 17.5. The number of aliphatic hydroxyl groups is 1.